The van der Waals surface area contributed by atoms with Crippen LogP contribution in [0.3, 0.4) is 0 Å². The highest BCUT2D eigenvalue weighted by molar-refractivity contribution is 7.99. The van der Waals surface area contributed by atoms with Crippen LogP contribution in [0.15, 0.2) is 39.8 Å². The van der Waals surface area contributed by atoms with E-state index in [1.165, 1.54) is 23.4 Å². The lowest BCUT2D eigenvalue weighted by Crippen LogP contribution is -2.07. The summed E-state index contributed by atoms with van der Waals surface area (Å²) in [4.78, 5) is 4.74. The Labute approximate surface area is 118 Å². The van der Waals surface area contributed by atoms with Crippen molar-refractivity contribution in [3.8, 4) is 11.5 Å². The average molecular weight is 272 g/mol. The molecule has 0 radical (unpaired) electrons. The number of fused-ring (bicyclic) bond motifs is 1. The Morgan fingerprint density at radius 3 is 2.74 bits per heavy atom. The van der Waals surface area contributed by atoms with Gasteiger partial charge in [0.15, 0.2) is 0 Å². The molecule has 0 unspecified atom stereocenters. The number of aryl methyl sites for hydroxylation is 1. The van der Waals surface area contributed by atoms with Crippen molar-refractivity contribution in [2.45, 2.75) is 37.6 Å². The molecule has 1 aromatic heterocycles. The molecule has 0 amide bonds. The Kier molecular flexibility index (Phi) is 3.83. The van der Waals surface area contributed by atoms with Gasteiger partial charge in [0, 0.05) is 0 Å². The van der Waals surface area contributed by atoms with E-state index < -0.39 is 0 Å². The highest BCUT2D eigenvalue weighted by atomic mass is 32.2. The summed E-state index contributed by atoms with van der Waals surface area (Å²) in [5, 5.41) is 1.17. The largest absolute Gasteiger partial charge is 0.460 e. The molecule has 3 rings (SSSR count). The maximum atomic E-state index is 6.05. The van der Waals surface area contributed by atoms with Crippen LogP contribution in [0.2, 0.25) is 0 Å². The molecular formula is C16H18NOS+. The van der Waals surface area contributed by atoms with Crippen LogP contribution in [0.5, 0.6) is 0 Å². The number of hydrogen-bond acceptors (Lipinski definition) is 2. The van der Waals surface area contributed by atoms with Crippen molar-refractivity contribution in [3.63, 3.8) is 0 Å². The SMILES string of the molecule is CCSc1nc(-c2ccccc2)[o+]c2c1CCCC2. The number of nitrogens with zero attached hydrogens (tertiary/aromatic N) is 1. The molecular weight excluding hydrogens is 254 g/mol. The number of aromatic nitrogens is 1. The van der Waals surface area contributed by atoms with E-state index in [0.717, 1.165) is 35.8 Å². The fourth-order valence-electron chi connectivity index (χ4n) is 2.48. The van der Waals surface area contributed by atoms with E-state index in [0.29, 0.717) is 0 Å². The number of thioether (sulfide) groups is 1. The normalized spacial score (nSPS) is 14.2. The first-order valence-corrected chi connectivity index (χ1v) is 7.91. The summed E-state index contributed by atoms with van der Waals surface area (Å²) in [6.07, 6.45) is 4.65. The van der Waals surface area contributed by atoms with Gasteiger partial charge in [-0.05, 0) is 37.1 Å². The minimum Gasteiger partial charge on any atom is -0.192 e. The van der Waals surface area contributed by atoms with Gasteiger partial charge < -0.3 is 0 Å². The van der Waals surface area contributed by atoms with Crippen molar-refractivity contribution in [3.05, 3.63) is 41.7 Å². The van der Waals surface area contributed by atoms with Gasteiger partial charge in [-0.25, -0.2) is 0 Å². The molecule has 0 N–H and O–H groups in total. The molecule has 1 aromatic carbocycles. The Morgan fingerprint density at radius 1 is 1.16 bits per heavy atom. The standard InChI is InChI=1S/C16H18NOS/c1-2-19-16-13-10-6-7-11-14(13)18-15(17-16)12-8-4-3-5-9-12/h3-5,8-9H,2,6-7,10-11H2,1H3/q+1. The molecule has 0 fully saturated rings. The third-order valence-corrected chi connectivity index (χ3v) is 4.30. The van der Waals surface area contributed by atoms with Crippen LogP contribution in [-0.2, 0) is 12.8 Å². The fourth-order valence-corrected chi connectivity index (χ4v) is 3.29. The molecule has 1 heterocycles. The monoisotopic (exact) mass is 272 g/mol. The van der Waals surface area contributed by atoms with Gasteiger partial charge in [-0.3, -0.25) is 0 Å². The molecule has 0 bridgehead atoms. The summed E-state index contributed by atoms with van der Waals surface area (Å²) in [7, 11) is 0. The second kappa shape index (κ2) is 5.74. The van der Waals surface area contributed by atoms with Crippen molar-refractivity contribution in [1.29, 1.82) is 0 Å². The van der Waals surface area contributed by atoms with E-state index in [9.17, 15) is 0 Å². The van der Waals surface area contributed by atoms with Crippen molar-refractivity contribution < 1.29 is 4.42 Å². The molecule has 0 spiro atoms. The van der Waals surface area contributed by atoms with E-state index in [2.05, 4.69) is 19.1 Å². The van der Waals surface area contributed by atoms with E-state index in [1.807, 2.05) is 30.0 Å². The van der Waals surface area contributed by atoms with Crippen LogP contribution in [0.1, 0.15) is 31.1 Å². The maximum absolute atomic E-state index is 6.05. The zero-order valence-corrected chi connectivity index (χ0v) is 12.0. The molecule has 3 heteroatoms. The molecule has 0 atom stereocenters. The summed E-state index contributed by atoms with van der Waals surface area (Å²) in [5.41, 5.74) is 2.41. The molecule has 98 valence electrons. The van der Waals surface area contributed by atoms with Crippen molar-refractivity contribution in [1.82, 2.24) is 4.98 Å². The van der Waals surface area contributed by atoms with Crippen LogP contribution in [0.25, 0.3) is 11.5 Å². The van der Waals surface area contributed by atoms with Crippen molar-refractivity contribution >= 4 is 11.8 Å². The van der Waals surface area contributed by atoms with Gasteiger partial charge in [-0.15, -0.1) is 16.7 Å². The van der Waals surface area contributed by atoms with Gasteiger partial charge in [-0.2, -0.15) is 4.42 Å². The van der Waals surface area contributed by atoms with Crippen LogP contribution < -0.4 is 0 Å². The molecule has 2 nitrogen and oxygen atoms in total. The molecule has 1 aliphatic rings. The average Bonchev–Trinajstić information content (AvgIpc) is 2.48. The van der Waals surface area contributed by atoms with Gasteiger partial charge in [0.25, 0.3) is 0 Å². The minimum absolute atomic E-state index is 0.761. The highest BCUT2D eigenvalue weighted by Crippen LogP contribution is 2.32. The first kappa shape index (κ1) is 12.7. The zero-order valence-electron chi connectivity index (χ0n) is 11.2. The molecule has 1 aliphatic carbocycles. The van der Waals surface area contributed by atoms with Crippen LogP contribution >= 0.6 is 11.8 Å². The number of hydrogen-bond donors (Lipinski definition) is 0. The molecule has 19 heavy (non-hydrogen) atoms. The molecule has 0 saturated carbocycles. The van der Waals surface area contributed by atoms with E-state index in [-0.39, 0.29) is 0 Å². The highest BCUT2D eigenvalue weighted by Gasteiger charge is 2.28. The second-order valence-electron chi connectivity index (χ2n) is 4.73. The van der Waals surface area contributed by atoms with E-state index >= 15 is 0 Å². The number of rotatable bonds is 3. The Morgan fingerprint density at radius 2 is 1.95 bits per heavy atom. The Hall–Kier alpha value is -1.35. The molecule has 2 aromatic rings. The topological polar surface area (TPSA) is 24.2 Å². The number of benzene rings is 1. The second-order valence-corrected chi connectivity index (χ2v) is 5.98. The van der Waals surface area contributed by atoms with Gasteiger partial charge >= 0.3 is 11.7 Å². The summed E-state index contributed by atoms with van der Waals surface area (Å²) in [6, 6.07) is 10.2. The van der Waals surface area contributed by atoms with Gasteiger partial charge in [0.1, 0.15) is 10.6 Å². The summed E-state index contributed by atoms with van der Waals surface area (Å²) >= 11 is 1.83. The summed E-state index contributed by atoms with van der Waals surface area (Å²) < 4.78 is 6.05. The Bertz CT molecular complexity index is 568. The Balaban J connectivity index is 2.09. The molecule has 0 aliphatic heterocycles. The van der Waals surface area contributed by atoms with E-state index in [1.54, 1.807) is 0 Å². The lowest BCUT2D eigenvalue weighted by Gasteiger charge is -2.10. The van der Waals surface area contributed by atoms with Gasteiger partial charge in [0.05, 0.1) is 12.0 Å². The first-order chi connectivity index (χ1) is 9.38. The minimum atomic E-state index is 0.761. The smallest absolute Gasteiger partial charge is 0.192 e. The third kappa shape index (κ3) is 2.66. The zero-order chi connectivity index (χ0) is 13.1. The lowest BCUT2D eigenvalue weighted by molar-refractivity contribution is 0.440. The van der Waals surface area contributed by atoms with Gasteiger partial charge in [-0.1, -0.05) is 25.1 Å². The van der Waals surface area contributed by atoms with Crippen molar-refractivity contribution in [2.75, 3.05) is 5.75 Å². The van der Waals surface area contributed by atoms with Crippen LogP contribution in [0.4, 0.5) is 0 Å². The predicted octanol–water partition coefficient (Wildman–Crippen LogP) is 4.61. The van der Waals surface area contributed by atoms with E-state index in [4.69, 9.17) is 9.40 Å². The maximum Gasteiger partial charge on any atom is 0.460 e. The quantitative estimate of drug-likeness (QED) is 0.602. The first-order valence-electron chi connectivity index (χ1n) is 6.92. The summed E-state index contributed by atoms with van der Waals surface area (Å²) in [5.74, 6) is 2.96. The van der Waals surface area contributed by atoms with Crippen molar-refractivity contribution in [2.24, 2.45) is 0 Å². The lowest BCUT2D eigenvalue weighted by atomic mass is 9.98. The van der Waals surface area contributed by atoms with Crippen LogP contribution in [-0.4, -0.2) is 10.7 Å². The third-order valence-electron chi connectivity index (χ3n) is 3.40. The molecule has 0 saturated heterocycles. The van der Waals surface area contributed by atoms with Crippen LogP contribution in [0, 0.1) is 0 Å². The summed E-state index contributed by atoms with van der Waals surface area (Å²) in [6.45, 7) is 2.17. The van der Waals surface area contributed by atoms with Gasteiger partial charge in [0.2, 0.25) is 0 Å². The predicted molar refractivity (Wildman–Crippen MR) is 79.4 cm³/mol. The fraction of sp³-hybridized carbons (Fsp3) is 0.375.